The molecule has 178 valence electrons. The highest BCUT2D eigenvalue weighted by molar-refractivity contribution is 6.06. The van der Waals surface area contributed by atoms with Gasteiger partial charge in [0.2, 0.25) is 5.91 Å². The average molecular weight is 461 g/mol. The molecule has 3 aliphatic rings. The van der Waals surface area contributed by atoms with Crippen molar-refractivity contribution in [3.63, 3.8) is 0 Å². The van der Waals surface area contributed by atoms with Gasteiger partial charge in [-0.2, -0.15) is 0 Å². The van der Waals surface area contributed by atoms with Gasteiger partial charge in [0.05, 0.1) is 18.4 Å². The van der Waals surface area contributed by atoms with Crippen LogP contribution in [0.2, 0.25) is 0 Å². The summed E-state index contributed by atoms with van der Waals surface area (Å²) in [5, 5.41) is 6.37. The van der Waals surface area contributed by atoms with Crippen LogP contribution in [0.15, 0.2) is 18.5 Å². The van der Waals surface area contributed by atoms with Crippen molar-refractivity contribution in [1.82, 2.24) is 25.1 Å². The zero-order valence-electron chi connectivity index (χ0n) is 18.8. The molecule has 2 N–H and O–H groups in total. The molecule has 10 heteroatoms. The van der Waals surface area contributed by atoms with Crippen molar-refractivity contribution in [1.29, 1.82) is 0 Å². The highest BCUT2D eigenvalue weighted by atomic mass is 19.3. The first-order valence-electron chi connectivity index (χ1n) is 11.7. The molecule has 0 aromatic carbocycles. The Morgan fingerprint density at radius 3 is 2.70 bits per heavy atom. The van der Waals surface area contributed by atoms with Gasteiger partial charge in [-0.05, 0) is 56.8 Å². The average Bonchev–Trinajstić information content (AvgIpc) is 3.09. The Balaban J connectivity index is 1.36. The summed E-state index contributed by atoms with van der Waals surface area (Å²) in [5.74, 6) is -2.69. The second kappa shape index (κ2) is 8.64. The highest BCUT2D eigenvalue weighted by Gasteiger charge is 2.46. The van der Waals surface area contributed by atoms with E-state index in [0.29, 0.717) is 30.2 Å². The van der Waals surface area contributed by atoms with Gasteiger partial charge < -0.3 is 9.88 Å². The number of likely N-dealkylation sites (tertiary alicyclic amines) is 1. The number of fused-ring (bicyclic) bond motifs is 1. The SMILES string of the molecule is Cc1cn(C2CCN(CC3CCNCC3)CC2(F)F)c2ncc(N3CCC(=O)NC3=O)cc12. The van der Waals surface area contributed by atoms with Crippen LogP contribution in [0.5, 0.6) is 0 Å². The summed E-state index contributed by atoms with van der Waals surface area (Å²) >= 11 is 0. The van der Waals surface area contributed by atoms with Gasteiger partial charge in [0.1, 0.15) is 11.7 Å². The fourth-order valence-corrected chi connectivity index (χ4v) is 5.40. The predicted molar refractivity (Wildman–Crippen MR) is 121 cm³/mol. The van der Waals surface area contributed by atoms with Crippen molar-refractivity contribution < 1.29 is 18.4 Å². The van der Waals surface area contributed by atoms with Crippen LogP contribution in [0.25, 0.3) is 11.0 Å². The Morgan fingerprint density at radius 2 is 1.97 bits per heavy atom. The number of nitrogens with one attached hydrogen (secondary N) is 2. The van der Waals surface area contributed by atoms with Crippen LogP contribution in [-0.4, -0.2) is 71.6 Å². The summed E-state index contributed by atoms with van der Waals surface area (Å²) in [6.07, 6.45) is 5.94. The third-order valence-electron chi connectivity index (χ3n) is 7.17. The monoisotopic (exact) mass is 460 g/mol. The summed E-state index contributed by atoms with van der Waals surface area (Å²) in [4.78, 5) is 31.5. The quantitative estimate of drug-likeness (QED) is 0.733. The first-order valence-corrected chi connectivity index (χ1v) is 11.7. The van der Waals surface area contributed by atoms with Gasteiger partial charge in [-0.1, -0.05) is 0 Å². The topological polar surface area (TPSA) is 82.5 Å². The van der Waals surface area contributed by atoms with Crippen molar-refractivity contribution in [2.24, 2.45) is 5.92 Å². The number of hydrogen-bond donors (Lipinski definition) is 2. The lowest BCUT2D eigenvalue weighted by atomic mass is 9.94. The number of pyridine rings is 1. The molecule has 0 bridgehead atoms. The second-order valence-electron chi connectivity index (χ2n) is 9.53. The normalized spacial score (nSPS) is 24.9. The molecule has 33 heavy (non-hydrogen) atoms. The maximum absolute atomic E-state index is 15.4. The second-order valence-corrected chi connectivity index (χ2v) is 9.53. The third kappa shape index (κ3) is 4.33. The van der Waals surface area contributed by atoms with E-state index >= 15 is 8.78 Å². The minimum Gasteiger partial charge on any atom is -0.323 e. The summed E-state index contributed by atoms with van der Waals surface area (Å²) in [5.41, 5.74) is 1.89. The molecule has 2 aromatic heterocycles. The minimum absolute atomic E-state index is 0.214. The zero-order valence-corrected chi connectivity index (χ0v) is 18.8. The number of halogens is 2. The van der Waals surface area contributed by atoms with E-state index in [1.54, 1.807) is 16.8 Å². The molecule has 5 rings (SSSR count). The van der Waals surface area contributed by atoms with E-state index in [2.05, 4.69) is 15.6 Å². The van der Waals surface area contributed by atoms with E-state index in [0.717, 1.165) is 43.4 Å². The van der Waals surface area contributed by atoms with E-state index in [1.807, 2.05) is 11.8 Å². The molecule has 1 atom stereocenters. The molecule has 8 nitrogen and oxygen atoms in total. The lowest BCUT2D eigenvalue weighted by Gasteiger charge is -2.40. The molecule has 1 unspecified atom stereocenters. The lowest BCUT2D eigenvalue weighted by molar-refractivity contribution is -0.120. The van der Waals surface area contributed by atoms with E-state index in [1.165, 1.54) is 11.1 Å². The summed E-state index contributed by atoms with van der Waals surface area (Å²) < 4.78 is 32.3. The maximum atomic E-state index is 15.4. The molecule has 0 radical (unpaired) electrons. The highest BCUT2D eigenvalue weighted by Crippen LogP contribution is 2.40. The molecule has 3 fully saturated rings. The zero-order chi connectivity index (χ0) is 23.2. The van der Waals surface area contributed by atoms with Gasteiger partial charge in [0.25, 0.3) is 5.92 Å². The van der Waals surface area contributed by atoms with Gasteiger partial charge in [0.15, 0.2) is 0 Å². The summed E-state index contributed by atoms with van der Waals surface area (Å²) in [6, 6.07) is 0.359. The van der Waals surface area contributed by atoms with Crippen LogP contribution in [0.3, 0.4) is 0 Å². The van der Waals surface area contributed by atoms with Gasteiger partial charge in [-0.25, -0.2) is 18.6 Å². The molecule has 0 aliphatic carbocycles. The third-order valence-corrected chi connectivity index (χ3v) is 7.17. The minimum atomic E-state index is -2.86. The smallest absolute Gasteiger partial charge is 0.323 e. The van der Waals surface area contributed by atoms with E-state index in [9.17, 15) is 9.59 Å². The number of carbonyl (C=O) groups excluding carboxylic acids is 2. The number of aromatic nitrogens is 2. The van der Waals surface area contributed by atoms with Crippen molar-refractivity contribution in [3.8, 4) is 0 Å². The standard InChI is InChI=1S/C23H30F2N6O2/c1-15-12-31(19-4-8-29(14-23(19,24)25)13-16-2-6-26-7-3-16)21-18(15)10-17(11-27-21)30-9-5-20(32)28-22(30)33/h10-12,16,19,26H,2-9,13-14H2,1H3,(H,28,32,33). The van der Waals surface area contributed by atoms with Crippen molar-refractivity contribution in [2.75, 3.05) is 44.2 Å². The molecule has 5 heterocycles. The number of amides is 3. The molecule has 0 spiro atoms. The number of rotatable bonds is 4. The Morgan fingerprint density at radius 1 is 1.18 bits per heavy atom. The number of alkyl halides is 2. The molecular weight excluding hydrogens is 430 g/mol. The number of carbonyl (C=O) groups is 2. The van der Waals surface area contributed by atoms with E-state index in [4.69, 9.17) is 0 Å². The number of piperidine rings is 2. The fraction of sp³-hybridized carbons (Fsp3) is 0.609. The predicted octanol–water partition coefficient (Wildman–Crippen LogP) is 2.67. The molecule has 2 aromatic rings. The van der Waals surface area contributed by atoms with Crippen molar-refractivity contribution >= 4 is 28.7 Å². The van der Waals surface area contributed by atoms with Crippen LogP contribution in [0.1, 0.15) is 37.3 Å². The first kappa shape index (κ1) is 22.2. The lowest BCUT2D eigenvalue weighted by Crippen LogP contribution is -2.51. The Bertz CT molecular complexity index is 1060. The first-order chi connectivity index (χ1) is 15.8. The van der Waals surface area contributed by atoms with Crippen molar-refractivity contribution in [3.05, 3.63) is 24.0 Å². The number of anilines is 1. The molecule has 3 saturated heterocycles. The van der Waals surface area contributed by atoms with Gasteiger partial charge in [-0.15, -0.1) is 0 Å². The van der Waals surface area contributed by atoms with Crippen LogP contribution in [0, 0.1) is 12.8 Å². The Hall–Kier alpha value is -2.59. The van der Waals surface area contributed by atoms with Gasteiger partial charge in [0, 0.05) is 37.6 Å². The largest absolute Gasteiger partial charge is 0.328 e. The van der Waals surface area contributed by atoms with Crippen LogP contribution in [-0.2, 0) is 4.79 Å². The molecule has 3 aliphatic heterocycles. The van der Waals surface area contributed by atoms with Crippen LogP contribution < -0.4 is 15.5 Å². The molecule has 0 saturated carbocycles. The van der Waals surface area contributed by atoms with Crippen LogP contribution >= 0.6 is 0 Å². The van der Waals surface area contributed by atoms with Gasteiger partial charge in [-0.3, -0.25) is 19.9 Å². The van der Waals surface area contributed by atoms with E-state index in [-0.39, 0.29) is 25.4 Å². The van der Waals surface area contributed by atoms with Crippen molar-refractivity contribution in [2.45, 2.75) is 44.6 Å². The molecule has 3 amide bonds. The maximum Gasteiger partial charge on any atom is 0.328 e. The van der Waals surface area contributed by atoms with Gasteiger partial charge >= 0.3 is 6.03 Å². The number of nitrogens with zero attached hydrogens (tertiary/aromatic N) is 4. The van der Waals surface area contributed by atoms with E-state index < -0.39 is 18.0 Å². The van der Waals surface area contributed by atoms with Crippen LogP contribution in [0.4, 0.5) is 19.3 Å². The Labute approximate surface area is 191 Å². The number of imide groups is 1. The number of aryl methyl sites for hydroxylation is 1. The Kier molecular flexibility index (Phi) is 5.82. The number of hydrogen-bond acceptors (Lipinski definition) is 5. The number of urea groups is 1. The molecular formula is C23H30F2N6O2. The fourth-order valence-electron chi connectivity index (χ4n) is 5.40. The summed E-state index contributed by atoms with van der Waals surface area (Å²) in [7, 11) is 0. The summed E-state index contributed by atoms with van der Waals surface area (Å²) in [6.45, 7) is 5.21.